The Morgan fingerprint density at radius 1 is 1.41 bits per heavy atom. The van der Waals surface area contributed by atoms with Gasteiger partial charge in [-0.05, 0) is 37.5 Å². The van der Waals surface area contributed by atoms with E-state index in [9.17, 15) is 0 Å². The SMILES string of the molecule is CCCCC(Cl)c1c(C)c(Br)cc(C)c1OC. The normalized spacial score (nSPS) is 12.6. The molecule has 17 heavy (non-hydrogen) atoms. The van der Waals surface area contributed by atoms with E-state index < -0.39 is 0 Å². The van der Waals surface area contributed by atoms with Crippen LogP contribution in [-0.4, -0.2) is 7.11 Å². The summed E-state index contributed by atoms with van der Waals surface area (Å²) < 4.78 is 6.61. The Kier molecular flexibility index (Phi) is 5.81. The maximum Gasteiger partial charge on any atom is 0.126 e. The van der Waals surface area contributed by atoms with Gasteiger partial charge in [0.2, 0.25) is 0 Å². The van der Waals surface area contributed by atoms with Gasteiger partial charge in [0.15, 0.2) is 0 Å². The van der Waals surface area contributed by atoms with Gasteiger partial charge in [-0.3, -0.25) is 0 Å². The van der Waals surface area contributed by atoms with E-state index >= 15 is 0 Å². The summed E-state index contributed by atoms with van der Waals surface area (Å²) in [5.41, 5.74) is 3.44. The van der Waals surface area contributed by atoms with E-state index in [2.05, 4.69) is 42.8 Å². The third-order valence-electron chi connectivity index (χ3n) is 3.04. The number of alkyl halides is 1. The minimum atomic E-state index is 0.0288. The molecule has 0 bridgehead atoms. The summed E-state index contributed by atoms with van der Waals surface area (Å²) in [6.07, 6.45) is 3.30. The van der Waals surface area contributed by atoms with Crippen LogP contribution in [0.2, 0.25) is 0 Å². The van der Waals surface area contributed by atoms with Crippen LogP contribution in [0.1, 0.15) is 48.3 Å². The second kappa shape index (κ2) is 6.65. The molecule has 1 nitrogen and oxygen atoms in total. The van der Waals surface area contributed by atoms with Gasteiger partial charge in [-0.15, -0.1) is 11.6 Å². The highest BCUT2D eigenvalue weighted by Gasteiger charge is 2.19. The van der Waals surface area contributed by atoms with Crippen molar-refractivity contribution in [3.8, 4) is 5.75 Å². The van der Waals surface area contributed by atoms with Crippen molar-refractivity contribution in [2.45, 2.75) is 45.4 Å². The molecule has 0 radical (unpaired) electrons. The molecule has 0 amide bonds. The first-order chi connectivity index (χ1) is 8.02. The summed E-state index contributed by atoms with van der Waals surface area (Å²) in [7, 11) is 1.71. The lowest BCUT2D eigenvalue weighted by molar-refractivity contribution is 0.404. The fourth-order valence-corrected chi connectivity index (χ4v) is 3.03. The van der Waals surface area contributed by atoms with Crippen LogP contribution in [0.15, 0.2) is 10.5 Å². The number of unbranched alkanes of at least 4 members (excludes halogenated alkanes) is 1. The topological polar surface area (TPSA) is 9.23 Å². The molecule has 0 saturated carbocycles. The van der Waals surface area contributed by atoms with Crippen molar-refractivity contribution in [1.29, 1.82) is 0 Å². The molecular formula is C14H20BrClO. The van der Waals surface area contributed by atoms with Gasteiger partial charge in [-0.2, -0.15) is 0 Å². The Morgan fingerprint density at radius 2 is 2.06 bits per heavy atom. The zero-order valence-corrected chi connectivity index (χ0v) is 13.3. The predicted molar refractivity (Wildman–Crippen MR) is 78.3 cm³/mol. The first kappa shape index (κ1) is 14.8. The highest BCUT2D eigenvalue weighted by Crippen LogP contribution is 2.40. The van der Waals surface area contributed by atoms with Gasteiger partial charge in [-0.25, -0.2) is 0 Å². The van der Waals surface area contributed by atoms with Crippen LogP contribution in [0.3, 0.4) is 0 Å². The number of hydrogen-bond acceptors (Lipinski definition) is 1. The standard InChI is InChI=1S/C14H20BrClO/c1-5-6-7-12(16)13-10(3)11(15)8-9(2)14(13)17-4/h8,12H,5-7H2,1-4H3. The lowest BCUT2D eigenvalue weighted by Crippen LogP contribution is -2.02. The third-order valence-corrected chi connectivity index (χ3v) is 4.30. The molecule has 3 heteroatoms. The van der Waals surface area contributed by atoms with Crippen LogP contribution in [0.25, 0.3) is 0 Å². The maximum atomic E-state index is 6.52. The Hall–Kier alpha value is -0.210. The molecule has 1 aromatic carbocycles. The molecule has 96 valence electrons. The van der Waals surface area contributed by atoms with Crippen LogP contribution in [0.4, 0.5) is 0 Å². The van der Waals surface area contributed by atoms with E-state index in [1.165, 1.54) is 5.56 Å². The van der Waals surface area contributed by atoms with Gasteiger partial charge >= 0.3 is 0 Å². The molecule has 1 unspecified atom stereocenters. The number of methoxy groups -OCH3 is 1. The summed E-state index contributed by atoms with van der Waals surface area (Å²) in [6.45, 7) is 6.32. The molecule has 1 atom stereocenters. The Morgan fingerprint density at radius 3 is 2.59 bits per heavy atom. The lowest BCUT2D eigenvalue weighted by atomic mass is 9.98. The molecule has 1 aromatic rings. The van der Waals surface area contributed by atoms with Gasteiger partial charge < -0.3 is 4.74 Å². The van der Waals surface area contributed by atoms with E-state index in [1.54, 1.807) is 7.11 Å². The van der Waals surface area contributed by atoms with Crippen molar-refractivity contribution >= 4 is 27.5 Å². The molecule has 0 aliphatic rings. The van der Waals surface area contributed by atoms with E-state index in [0.717, 1.165) is 40.6 Å². The molecule has 0 saturated heterocycles. The van der Waals surface area contributed by atoms with Crippen molar-refractivity contribution in [2.24, 2.45) is 0 Å². The first-order valence-electron chi connectivity index (χ1n) is 6.00. The lowest BCUT2D eigenvalue weighted by Gasteiger charge is -2.19. The van der Waals surface area contributed by atoms with E-state index in [4.69, 9.17) is 16.3 Å². The van der Waals surface area contributed by atoms with Crippen LogP contribution < -0.4 is 4.74 Å². The van der Waals surface area contributed by atoms with E-state index in [1.807, 2.05) is 0 Å². The second-order valence-electron chi connectivity index (χ2n) is 4.36. The molecule has 0 fully saturated rings. The van der Waals surface area contributed by atoms with Crippen LogP contribution >= 0.6 is 27.5 Å². The Bertz CT molecular complexity index is 390. The number of aryl methyl sites for hydroxylation is 1. The van der Waals surface area contributed by atoms with Crippen molar-refractivity contribution in [3.63, 3.8) is 0 Å². The van der Waals surface area contributed by atoms with Gasteiger partial charge in [0.05, 0.1) is 12.5 Å². The van der Waals surface area contributed by atoms with Gasteiger partial charge in [0, 0.05) is 10.0 Å². The number of halogens is 2. The fourth-order valence-electron chi connectivity index (χ4n) is 2.05. The monoisotopic (exact) mass is 318 g/mol. The summed E-state index contributed by atoms with van der Waals surface area (Å²) in [6, 6.07) is 2.08. The average Bonchev–Trinajstić information content (AvgIpc) is 2.30. The smallest absolute Gasteiger partial charge is 0.126 e. The largest absolute Gasteiger partial charge is 0.496 e. The van der Waals surface area contributed by atoms with Crippen molar-refractivity contribution < 1.29 is 4.74 Å². The molecule has 0 aliphatic carbocycles. The number of rotatable bonds is 5. The first-order valence-corrected chi connectivity index (χ1v) is 7.23. The number of ether oxygens (including phenoxy) is 1. The molecule has 0 aromatic heterocycles. The van der Waals surface area contributed by atoms with E-state index in [-0.39, 0.29) is 5.38 Å². The van der Waals surface area contributed by atoms with Gasteiger partial charge in [-0.1, -0.05) is 35.7 Å². The van der Waals surface area contributed by atoms with Crippen LogP contribution in [0.5, 0.6) is 5.75 Å². The molecule has 1 rings (SSSR count). The van der Waals surface area contributed by atoms with Crippen molar-refractivity contribution in [1.82, 2.24) is 0 Å². The van der Waals surface area contributed by atoms with Crippen molar-refractivity contribution in [3.05, 3.63) is 27.2 Å². The van der Waals surface area contributed by atoms with Gasteiger partial charge in [0.25, 0.3) is 0 Å². The predicted octanol–water partition coefficient (Wildman–Crippen LogP) is 5.54. The quantitative estimate of drug-likeness (QED) is 0.647. The minimum absolute atomic E-state index is 0.0288. The Balaban J connectivity index is 3.19. The highest BCUT2D eigenvalue weighted by molar-refractivity contribution is 9.10. The van der Waals surface area contributed by atoms with E-state index in [0.29, 0.717) is 0 Å². The zero-order chi connectivity index (χ0) is 13.0. The van der Waals surface area contributed by atoms with Crippen LogP contribution in [0, 0.1) is 13.8 Å². The molecule has 0 aliphatic heterocycles. The van der Waals surface area contributed by atoms with Gasteiger partial charge in [0.1, 0.15) is 5.75 Å². The molecule has 0 N–H and O–H groups in total. The van der Waals surface area contributed by atoms with Crippen LogP contribution in [-0.2, 0) is 0 Å². The zero-order valence-electron chi connectivity index (χ0n) is 10.9. The summed E-state index contributed by atoms with van der Waals surface area (Å²) in [5.74, 6) is 0.932. The second-order valence-corrected chi connectivity index (χ2v) is 5.74. The number of benzene rings is 1. The highest BCUT2D eigenvalue weighted by atomic mass is 79.9. The maximum absolute atomic E-state index is 6.52. The summed E-state index contributed by atoms with van der Waals surface area (Å²) in [5, 5.41) is 0.0288. The summed E-state index contributed by atoms with van der Waals surface area (Å²) in [4.78, 5) is 0. The number of hydrogen-bond donors (Lipinski definition) is 0. The van der Waals surface area contributed by atoms with Crippen molar-refractivity contribution in [2.75, 3.05) is 7.11 Å². The molecular weight excluding hydrogens is 300 g/mol. The molecule has 0 heterocycles. The Labute approximate surface area is 118 Å². The third kappa shape index (κ3) is 3.38. The molecule has 0 spiro atoms. The summed E-state index contributed by atoms with van der Waals surface area (Å²) >= 11 is 10.1. The fraction of sp³-hybridized carbons (Fsp3) is 0.571. The minimum Gasteiger partial charge on any atom is -0.496 e. The average molecular weight is 320 g/mol.